The Bertz CT molecular complexity index is 1520. The Labute approximate surface area is 245 Å². The van der Waals surface area contributed by atoms with Gasteiger partial charge in [-0.1, -0.05) is 32.0 Å². The number of aromatic nitrogens is 4. The molecule has 1 atom stereocenters. The Balaban J connectivity index is 1.70. The molecule has 2 fully saturated rings. The minimum Gasteiger partial charge on any atom is -0.381 e. The van der Waals surface area contributed by atoms with Crippen molar-refractivity contribution in [3.8, 4) is 5.69 Å². The van der Waals surface area contributed by atoms with E-state index in [9.17, 15) is 9.59 Å². The summed E-state index contributed by atoms with van der Waals surface area (Å²) in [6.45, 7) is 14.7. The molecular weight excluding hydrogens is 542 g/mol. The number of piperazine rings is 1. The average Bonchev–Trinajstić information content (AvgIpc) is 2.94. The van der Waals surface area contributed by atoms with Gasteiger partial charge in [0.25, 0.3) is 0 Å². The lowest BCUT2D eigenvalue weighted by Crippen LogP contribution is -2.54. The van der Waals surface area contributed by atoms with Gasteiger partial charge >= 0.3 is 5.69 Å². The van der Waals surface area contributed by atoms with Crippen molar-refractivity contribution >= 4 is 40.2 Å². The van der Waals surface area contributed by atoms with E-state index in [-0.39, 0.29) is 18.0 Å². The molecule has 5 rings (SSSR count). The van der Waals surface area contributed by atoms with Gasteiger partial charge in [-0.3, -0.25) is 9.78 Å². The molecule has 0 saturated carbocycles. The van der Waals surface area contributed by atoms with Crippen molar-refractivity contribution in [3.05, 3.63) is 57.7 Å². The maximum Gasteiger partial charge on any atom is 0.355 e. The fourth-order valence-electron chi connectivity index (χ4n) is 5.71. The summed E-state index contributed by atoms with van der Waals surface area (Å²) in [5.41, 5.74) is 2.47. The molecule has 0 aromatic carbocycles. The van der Waals surface area contributed by atoms with E-state index in [0.717, 1.165) is 24.1 Å². The SMILES string of the molecule is C=CC(=O)N1CCN(c2nc(=O)n(-c3c(C)ccnc3CC(C)C)c3nc(NC4CCOCC4)c(Cl)cc23)[C@@H](C)C1. The highest BCUT2D eigenvalue weighted by atomic mass is 35.5. The first-order chi connectivity index (χ1) is 19.7. The van der Waals surface area contributed by atoms with Crippen molar-refractivity contribution in [2.24, 2.45) is 5.92 Å². The number of nitrogens with zero attached hydrogens (tertiary/aromatic N) is 6. The number of rotatable bonds is 7. The van der Waals surface area contributed by atoms with Crippen LogP contribution in [0.3, 0.4) is 0 Å². The molecule has 41 heavy (non-hydrogen) atoms. The van der Waals surface area contributed by atoms with Gasteiger partial charge in [-0.05, 0) is 62.8 Å². The van der Waals surface area contributed by atoms with Crippen LogP contribution in [0.1, 0.15) is 44.9 Å². The lowest BCUT2D eigenvalue weighted by Gasteiger charge is -2.40. The third kappa shape index (κ3) is 5.94. The number of fused-ring (bicyclic) bond motifs is 1. The molecule has 3 aromatic heterocycles. The summed E-state index contributed by atoms with van der Waals surface area (Å²) in [7, 11) is 0. The molecule has 3 aromatic rings. The zero-order valence-electron chi connectivity index (χ0n) is 24.2. The van der Waals surface area contributed by atoms with Gasteiger partial charge in [0.05, 0.1) is 21.8 Å². The van der Waals surface area contributed by atoms with Gasteiger partial charge in [0.1, 0.15) is 11.6 Å². The van der Waals surface area contributed by atoms with Crippen LogP contribution >= 0.6 is 11.6 Å². The van der Waals surface area contributed by atoms with Gasteiger partial charge in [0.15, 0.2) is 5.65 Å². The topological polar surface area (TPSA) is 105 Å². The van der Waals surface area contributed by atoms with E-state index < -0.39 is 5.69 Å². The second-order valence-corrected chi connectivity index (χ2v) is 11.7. The van der Waals surface area contributed by atoms with Gasteiger partial charge in [-0.25, -0.2) is 14.3 Å². The van der Waals surface area contributed by atoms with E-state index in [4.69, 9.17) is 21.3 Å². The first kappa shape index (κ1) is 29.0. The first-order valence-corrected chi connectivity index (χ1v) is 14.7. The number of aryl methyl sites for hydroxylation is 1. The number of ether oxygens (including phenoxy) is 1. The summed E-state index contributed by atoms with van der Waals surface area (Å²) in [5, 5.41) is 4.61. The number of anilines is 2. The summed E-state index contributed by atoms with van der Waals surface area (Å²) in [5.74, 6) is 1.26. The lowest BCUT2D eigenvalue weighted by molar-refractivity contribution is -0.126. The Hall–Kier alpha value is -3.50. The normalized spacial score (nSPS) is 18.2. The van der Waals surface area contributed by atoms with Crippen LogP contribution in [-0.4, -0.2) is 75.3 Å². The molecule has 1 amide bonds. The number of nitrogens with one attached hydrogen (secondary N) is 1. The highest BCUT2D eigenvalue weighted by Crippen LogP contribution is 2.34. The van der Waals surface area contributed by atoms with Crippen LogP contribution < -0.4 is 15.9 Å². The molecule has 0 unspecified atom stereocenters. The number of pyridine rings is 2. The van der Waals surface area contributed by atoms with Crippen molar-refractivity contribution < 1.29 is 9.53 Å². The standard InChI is InChI=1S/C30H38ClN7O3/c1-6-25(39)36-11-12-37(20(5)17-36)28-22-16-23(31)27(33-21-8-13-41-14-9-21)34-29(22)38(30(40)35-28)26-19(4)7-10-32-24(26)15-18(2)3/h6-7,10,16,18,20-21H,1,8-9,11-15,17H2,2-5H3,(H,33,34)/t20-/m0/s1. The summed E-state index contributed by atoms with van der Waals surface area (Å²) in [6.07, 6.45) is 5.49. The highest BCUT2D eigenvalue weighted by molar-refractivity contribution is 6.33. The third-order valence-electron chi connectivity index (χ3n) is 7.78. The molecule has 0 bridgehead atoms. The maximum atomic E-state index is 14.0. The zero-order valence-corrected chi connectivity index (χ0v) is 24.9. The molecule has 1 N–H and O–H groups in total. The van der Waals surface area contributed by atoms with Crippen LogP contribution in [-0.2, 0) is 16.0 Å². The summed E-state index contributed by atoms with van der Waals surface area (Å²) in [4.78, 5) is 44.4. The monoisotopic (exact) mass is 579 g/mol. The molecule has 0 aliphatic carbocycles. The van der Waals surface area contributed by atoms with Crippen LogP contribution in [0.15, 0.2) is 35.8 Å². The molecule has 218 valence electrons. The van der Waals surface area contributed by atoms with E-state index in [0.29, 0.717) is 78.6 Å². The van der Waals surface area contributed by atoms with Crippen molar-refractivity contribution in [1.29, 1.82) is 0 Å². The molecule has 2 aliphatic heterocycles. The van der Waals surface area contributed by atoms with Crippen molar-refractivity contribution in [2.75, 3.05) is 43.1 Å². The predicted octanol–water partition coefficient (Wildman–Crippen LogP) is 4.15. The Kier molecular flexibility index (Phi) is 8.60. The fraction of sp³-hybridized carbons (Fsp3) is 0.500. The summed E-state index contributed by atoms with van der Waals surface area (Å²) >= 11 is 6.86. The Morgan fingerprint density at radius 1 is 1.27 bits per heavy atom. The smallest absolute Gasteiger partial charge is 0.355 e. The number of hydrogen-bond donors (Lipinski definition) is 1. The van der Waals surface area contributed by atoms with E-state index in [2.05, 4.69) is 40.6 Å². The van der Waals surface area contributed by atoms with Gasteiger partial charge in [0, 0.05) is 51.1 Å². The van der Waals surface area contributed by atoms with E-state index in [1.807, 2.05) is 26.0 Å². The van der Waals surface area contributed by atoms with Crippen LogP contribution in [0.4, 0.5) is 11.6 Å². The molecule has 10 nitrogen and oxygen atoms in total. The predicted molar refractivity (Wildman–Crippen MR) is 162 cm³/mol. The van der Waals surface area contributed by atoms with E-state index in [1.54, 1.807) is 15.7 Å². The zero-order chi connectivity index (χ0) is 29.3. The fourth-order valence-corrected chi connectivity index (χ4v) is 5.92. The number of hydrogen-bond acceptors (Lipinski definition) is 8. The summed E-state index contributed by atoms with van der Waals surface area (Å²) in [6, 6.07) is 3.83. The highest BCUT2D eigenvalue weighted by Gasteiger charge is 2.30. The minimum atomic E-state index is -0.433. The molecule has 2 saturated heterocycles. The van der Waals surface area contributed by atoms with Crippen LogP contribution in [0.5, 0.6) is 0 Å². The summed E-state index contributed by atoms with van der Waals surface area (Å²) < 4.78 is 7.11. The molecule has 11 heteroatoms. The number of carbonyl (C=O) groups excluding carboxylic acids is 1. The molecule has 5 heterocycles. The minimum absolute atomic E-state index is 0.0888. The average molecular weight is 580 g/mol. The van der Waals surface area contributed by atoms with E-state index >= 15 is 0 Å². The van der Waals surface area contributed by atoms with E-state index in [1.165, 1.54) is 6.08 Å². The van der Waals surface area contributed by atoms with Gasteiger partial charge in [0.2, 0.25) is 5.91 Å². The Morgan fingerprint density at radius 3 is 2.71 bits per heavy atom. The van der Waals surface area contributed by atoms with Gasteiger partial charge in [-0.2, -0.15) is 4.98 Å². The molecular formula is C30H38ClN7O3. The number of amides is 1. The van der Waals surface area contributed by atoms with Crippen LogP contribution in [0, 0.1) is 12.8 Å². The van der Waals surface area contributed by atoms with Crippen LogP contribution in [0.2, 0.25) is 5.02 Å². The maximum absolute atomic E-state index is 14.0. The molecule has 2 aliphatic rings. The van der Waals surface area contributed by atoms with Crippen molar-refractivity contribution in [2.45, 2.75) is 59.0 Å². The van der Waals surface area contributed by atoms with Crippen LogP contribution in [0.25, 0.3) is 16.7 Å². The molecule has 0 spiro atoms. The second kappa shape index (κ2) is 12.2. The van der Waals surface area contributed by atoms with Crippen molar-refractivity contribution in [1.82, 2.24) is 24.4 Å². The molecule has 0 radical (unpaired) electrons. The Morgan fingerprint density at radius 2 is 2.02 bits per heavy atom. The van der Waals surface area contributed by atoms with Crippen molar-refractivity contribution in [3.63, 3.8) is 0 Å². The lowest BCUT2D eigenvalue weighted by atomic mass is 10.0. The first-order valence-electron chi connectivity index (χ1n) is 14.3. The largest absolute Gasteiger partial charge is 0.381 e. The number of halogens is 1. The number of carbonyl (C=O) groups is 1. The second-order valence-electron chi connectivity index (χ2n) is 11.3. The third-order valence-corrected chi connectivity index (χ3v) is 8.06. The van der Waals surface area contributed by atoms with Gasteiger partial charge in [-0.15, -0.1) is 0 Å². The van der Waals surface area contributed by atoms with Gasteiger partial charge < -0.3 is 19.9 Å². The quantitative estimate of drug-likeness (QED) is 0.416.